The molecule has 0 amide bonds. The van der Waals surface area contributed by atoms with Gasteiger partial charge in [0.1, 0.15) is 6.04 Å². The summed E-state index contributed by atoms with van der Waals surface area (Å²) in [5.41, 5.74) is 0. The van der Waals surface area contributed by atoms with Gasteiger partial charge >= 0.3 is 5.97 Å². The Labute approximate surface area is 68.0 Å². The van der Waals surface area contributed by atoms with Crippen molar-refractivity contribution in [1.29, 1.82) is 0 Å². The third-order valence-corrected chi connectivity index (χ3v) is 1.99. The van der Waals surface area contributed by atoms with Gasteiger partial charge in [0.05, 0.1) is 0 Å². The molecule has 3 heteroatoms. The fraction of sp³-hybridized carbons (Fsp3) is 0.875. The van der Waals surface area contributed by atoms with E-state index in [9.17, 15) is 4.79 Å². The van der Waals surface area contributed by atoms with Crippen LogP contribution in [0.15, 0.2) is 0 Å². The molecule has 3 nitrogen and oxygen atoms in total. The predicted molar refractivity (Wildman–Crippen MR) is 44.6 cm³/mol. The molecule has 0 aromatic rings. The summed E-state index contributed by atoms with van der Waals surface area (Å²) in [5.74, 6) is -0.521. The number of nitrogens with zero attached hydrogens (tertiary/aromatic N) is 1. The SMILES string of the molecule is CC[C@H](C)[C@@H](C(=O)O)N(C)C. The molecule has 2 atom stereocenters. The van der Waals surface area contributed by atoms with Gasteiger partial charge in [-0.2, -0.15) is 0 Å². The first-order valence-electron chi connectivity index (χ1n) is 3.90. The lowest BCUT2D eigenvalue weighted by molar-refractivity contribution is -0.144. The maximum atomic E-state index is 10.7. The first-order valence-corrected chi connectivity index (χ1v) is 3.90. The zero-order chi connectivity index (χ0) is 9.02. The molecule has 0 bridgehead atoms. The van der Waals surface area contributed by atoms with Crippen LogP contribution in [0.4, 0.5) is 0 Å². The lowest BCUT2D eigenvalue weighted by Crippen LogP contribution is -2.40. The first-order chi connectivity index (χ1) is 5.00. The van der Waals surface area contributed by atoms with Gasteiger partial charge in [0.15, 0.2) is 0 Å². The fourth-order valence-electron chi connectivity index (χ4n) is 1.20. The molecule has 0 saturated heterocycles. The lowest BCUT2D eigenvalue weighted by atomic mass is 9.99. The van der Waals surface area contributed by atoms with Crippen molar-refractivity contribution in [1.82, 2.24) is 4.90 Å². The van der Waals surface area contributed by atoms with Gasteiger partial charge in [0.25, 0.3) is 0 Å². The van der Waals surface area contributed by atoms with Crippen molar-refractivity contribution >= 4 is 5.97 Å². The van der Waals surface area contributed by atoms with E-state index < -0.39 is 5.97 Å². The van der Waals surface area contributed by atoms with Crippen LogP contribution in [0.3, 0.4) is 0 Å². The Morgan fingerprint density at radius 3 is 2.09 bits per heavy atom. The van der Waals surface area contributed by atoms with Gasteiger partial charge in [-0.05, 0) is 20.0 Å². The molecule has 0 aliphatic heterocycles. The van der Waals surface area contributed by atoms with Crippen molar-refractivity contribution in [3.05, 3.63) is 0 Å². The molecule has 0 aromatic heterocycles. The Balaban J connectivity index is 4.21. The third-order valence-electron chi connectivity index (χ3n) is 1.99. The molecular formula is C8H17NO2. The van der Waals surface area contributed by atoms with Crippen molar-refractivity contribution in [3.8, 4) is 0 Å². The highest BCUT2D eigenvalue weighted by atomic mass is 16.4. The maximum absolute atomic E-state index is 10.7. The number of rotatable bonds is 4. The van der Waals surface area contributed by atoms with E-state index in [0.717, 1.165) is 6.42 Å². The summed E-state index contributed by atoms with van der Waals surface area (Å²) in [6, 6.07) is -0.347. The van der Waals surface area contributed by atoms with E-state index in [1.54, 1.807) is 19.0 Å². The van der Waals surface area contributed by atoms with E-state index in [1.165, 1.54) is 0 Å². The van der Waals surface area contributed by atoms with Crippen LogP contribution >= 0.6 is 0 Å². The lowest BCUT2D eigenvalue weighted by Gasteiger charge is -2.25. The standard InChI is InChI=1S/C8H17NO2/c1-5-6(2)7(8(10)11)9(3)4/h6-7H,5H2,1-4H3,(H,10,11)/t6-,7-/m0/s1. The fourth-order valence-corrected chi connectivity index (χ4v) is 1.20. The highest BCUT2D eigenvalue weighted by Gasteiger charge is 2.24. The predicted octanol–water partition coefficient (Wildman–Crippen LogP) is 1.05. The van der Waals surface area contributed by atoms with Gasteiger partial charge in [-0.25, -0.2) is 0 Å². The molecule has 1 N–H and O–H groups in total. The van der Waals surface area contributed by atoms with Gasteiger partial charge in [-0.15, -0.1) is 0 Å². The van der Waals surface area contributed by atoms with E-state index >= 15 is 0 Å². The monoisotopic (exact) mass is 159 g/mol. The Kier molecular flexibility index (Phi) is 4.11. The molecule has 0 fully saturated rings. The van der Waals surface area contributed by atoms with Crippen LogP contribution < -0.4 is 0 Å². The minimum atomic E-state index is -0.732. The molecule has 11 heavy (non-hydrogen) atoms. The van der Waals surface area contributed by atoms with E-state index in [1.807, 2.05) is 13.8 Å². The second-order valence-electron chi connectivity index (χ2n) is 3.13. The quantitative estimate of drug-likeness (QED) is 0.666. The molecule has 0 rings (SSSR count). The zero-order valence-electron chi connectivity index (χ0n) is 7.66. The summed E-state index contributed by atoms with van der Waals surface area (Å²) in [4.78, 5) is 12.4. The van der Waals surface area contributed by atoms with Crippen LogP contribution in [0.25, 0.3) is 0 Å². The summed E-state index contributed by atoms with van der Waals surface area (Å²) in [5, 5.41) is 8.80. The molecule has 0 unspecified atom stereocenters. The van der Waals surface area contributed by atoms with Crippen molar-refractivity contribution in [2.24, 2.45) is 5.92 Å². The molecule has 0 aliphatic rings. The molecule has 0 saturated carbocycles. The molecular weight excluding hydrogens is 142 g/mol. The molecule has 0 radical (unpaired) electrons. The number of carboxylic acids is 1. The Morgan fingerprint density at radius 2 is 2.00 bits per heavy atom. The Morgan fingerprint density at radius 1 is 1.55 bits per heavy atom. The summed E-state index contributed by atoms with van der Waals surface area (Å²) in [6.45, 7) is 3.96. The van der Waals surface area contributed by atoms with Crippen LogP contribution in [0.2, 0.25) is 0 Å². The highest BCUT2D eigenvalue weighted by Crippen LogP contribution is 2.11. The minimum absolute atomic E-state index is 0.211. The van der Waals surface area contributed by atoms with Crippen LogP contribution in [0.5, 0.6) is 0 Å². The van der Waals surface area contributed by atoms with Gasteiger partial charge in [-0.3, -0.25) is 9.69 Å². The average molecular weight is 159 g/mol. The third kappa shape index (κ3) is 2.89. The largest absolute Gasteiger partial charge is 0.480 e. The van der Waals surface area contributed by atoms with Gasteiger partial charge in [0.2, 0.25) is 0 Å². The second-order valence-corrected chi connectivity index (χ2v) is 3.13. The van der Waals surface area contributed by atoms with E-state index in [-0.39, 0.29) is 12.0 Å². The number of aliphatic carboxylic acids is 1. The van der Waals surface area contributed by atoms with E-state index in [2.05, 4.69) is 0 Å². The Bertz CT molecular complexity index is 134. The van der Waals surface area contributed by atoms with Crippen molar-refractivity contribution in [3.63, 3.8) is 0 Å². The van der Waals surface area contributed by atoms with Crippen LogP contribution in [-0.4, -0.2) is 36.1 Å². The smallest absolute Gasteiger partial charge is 0.321 e. The number of carboxylic acid groups (broad SMARTS) is 1. The number of hydrogen-bond acceptors (Lipinski definition) is 2. The summed E-state index contributed by atoms with van der Waals surface area (Å²) < 4.78 is 0. The zero-order valence-corrected chi connectivity index (χ0v) is 7.66. The van der Waals surface area contributed by atoms with Crippen molar-refractivity contribution in [2.75, 3.05) is 14.1 Å². The van der Waals surface area contributed by atoms with Gasteiger partial charge in [-0.1, -0.05) is 20.3 Å². The van der Waals surface area contributed by atoms with E-state index in [0.29, 0.717) is 0 Å². The topological polar surface area (TPSA) is 40.5 Å². The second kappa shape index (κ2) is 4.34. The normalized spacial score (nSPS) is 16.5. The molecule has 0 aromatic carbocycles. The average Bonchev–Trinajstić information content (AvgIpc) is 1.85. The minimum Gasteiger partial charge on any atom is -0.480 e. The number of hydrogen-bond donors (Lipinski definition) is 1. The van der Waals surface area contributed by atoms with Gasteiger partial charge < -0.3 is 5.11 Å². The van der Waals surface area contributed by atoms with Gasteiger partial charge in [0, 0.05) is 0 Å². The number of carbonyl (C=O) groups is 1. The van der Waals surface area contributed by atoms with Crippen LogP contribution in [-0.2, 0) is 4.79 Å². The highest BCUT2D eigenvalue weighted by molar-refractivity contribution is 5.73. The molecule has 0 aliphatic carbocycles. The Hall–Kier alpha value is -0.570. The van der Waals surface area contributed by atoms with E-state index in [4.69, 9.17) is 5.11 Å². The molecule has 0 heterocycles. The van der Waals surface area contributed by atoms with Crippen molar-refractivity contribution < 1.29 is 9.90 Å². The van der Waals surface area contributed by atoms with Crippen LogP contribution in [0, 0.1) is 5.92 Å². The first kappa shape index (κ1) is 10.4. The number of likely N-dealkylation sites (N-methyl/N-ethyl adjacent to an activating group) is 1. The molecule has 0 spiro atoms. The maximum Gasteiger partial charge on any atom is 0.321 e. The summed E-state index contributed by atoms with van der Waals surface area (Å²) >= 11 is 0. The summed E-state index contributed by atoms with van der Waals surface area (Å²) in [6.07, 6.45) is 0.898. The van der Waals surface area contributed by atoms with Crippen molar-refractivity contribution in [2.45, 2.75) is 26.3 Å². The molecule has 66 valence electrons. The van der Waals surface area contributed by atoms with Crippen LogP contribution in [0.1, 0.15) is 20.3 Å². The summed E-state index contributed by atoms with van der Waals surface area (Å²) in [7, 11) is 3.59.